The first kappa shape index (κ1) is 10.1. The van der Waals surface area contributed by atoms with Crippen LogP contribution in [0, 0.1) is 0 Å². The van der Waals surface area contributed by atoms with Crippen LogP contribution in [0.1, 0.15) is 43.8 Å². The fraction of sp³-hybridized carbons (Fsp3) is 0.500. The quantitative estimate of drug-likeness (QED) is 0.758. The van der Waals surface area contributed by atoms with Crippen molar-refractivity contribution in [2.24, 2.45) is 0 Å². The largest absolute Gasteiger partial charge is 0.285 e. The van der Waals surface area contributed by atoms with Crippen LogP contribution in [0.15, 0.2) is 18.3 Å². The Morgan fingerprint density at radius 1 is 1.19 bits per heavy atom. The zero-order valence-corrected chi connectivity index (χ0v) is 9.82. The molecule has 3 nitrogen and oxygen atoms in total. The highest BCUT2D eigenvalue weighted by Crippen LogP contribution is 2.32. The SMILES string of the molecule is Clc1cccn2c(C3CCCCC3)nnc12. The molecule has 0 spiro atoms. The maximum Gasteiger partial charge on any atom is 0.179 e. The van der Waals surface area contributed by atoms with Crippen LogP contribution in [0.25, 0.3) is 5.65 Å². The summed E-state index contributed by atoms with van der Waals surface area (Å²) in [5.74, 6) is 1.64. The van der Waals surface area contributed by atoms with Gasteiger partial charge in [-0.2, -0.15) is 0 Å². The van der Waals surface area contributed by atoms with Gasteiger partial charge < -0.3 is 0 Å². The Labute approximate surface area is 99.4 Å². The van der Waals surface area contributed by atoms with Gasteiger partial charge in [0, 0.05) is 12.1 Å². The lowest BCUT2D eigenvalue weighted by Gasteiger charge is -2.19. The summed E-state index contributed by atoms with van der Waals surface area (Å²) in [6, 6.07) is 3.81. The van der Waals surface area contributed by atoms with E-state index in [2.05, 4.69) is 10.2 Å². The van der Waals surface area contributed by atoms with Crippen LogP contribution in [0.5, 0.6) is 0 Å². The zero-order chi connectivity index (χ0) is 11.0. The first-order valence-corrected chi connectivity index (χ1v) is 6.23. The molecule has 0 aliphatic heterocycles. The molecule has 0 saturated heterocycles. The van der Waals surface area contributed by atoms with E-state index in [1.54, 1.807) is 0 Å². The molecule has 0 aromatic carbocycles. The topological polar surface area (TPSA) is 30.2 Å². The van der Waals surface area contributed by atoms with Crippen LogP contribution in [0.4, 0.5) is 0 Å². The van der Waals surface area contributed by atoms with Gasteiger partial charge in [0.2, 0.25) is 0 Å². The zero-order valence-electron chi connectivity index (χ0n) is 9.06. The Kier molecular flexibility index (Phi) is 2.56. The van der Waals surface area contributed by atoms with E-state index < -0.39 is 0 Å². The Morgan fingerprint density at radius 2 is 2.00 bits per heavy atom. The molecule has 0 radical (unpaired) electrons. The summed E-state index contributed by atoms with van der Waals surface area (Å²) in [6.07, 6.45) is 8.43. The second kappa shape index (κ2) is 4.06. The number of rotatable bonds is 1. The summed E-state index contributed by atoms with van der Waals surface area (Å²) in [6.45, 7) is 0. The van der Waals surface area contributed by atoms with Crippen molar-refractivity contribution >= 4 is 17.2 Å². The second-order valence-corrected chi connectivity index (χ2v) is 4.85. The molecule has 0 bridgehead atoms. The monoisotopic (exact) mass is 235 g/mol. The molecule has 1 aliphatic carbocycles. The molecule has 0 amide bonds. The molecule has 1 fully saturated rings. The molecule has 0 unspecified atom stereocenters. The standard InChI is InChI=1S/C12H14ClN3/c13-10-7-4-8-16-11(14-15-12(10)16)9-5-2-1-3-6-9/h4,7-9H,1-3,5-6H2. The van der Waals surface area contributed by atoms with E-state index in [0.29, 0.717) is 10.9 Å². The Hall–Kier alpha value is -1.09. The molecule has 1 aliphatic rings. The minimum absolute atomic E-state index is 0.558. The lowest BCUT2D eigenvalue weighted by Crippen LogP contribution is -2.08. The van der Waals surface area contributed by atoms with Crippen molar-refractivity contribution in [3.05, 3.63) is 29.2 Å². The summed E-state index contributed by atoms with van der Waals surface area (Å²) in [5.41, 5.74) is 0.782. The molecular weight excluding hydrogens is 222 g/mol. The fourth-order valence-electron chi connectivity index (χ4n) is 2.54. The van der Waals surface area contributed by atoms with Crippen LogP contribution >= 0.6 is 11.6 Å². The highest BCUT2D eigenvalue weighted by molar-refractivity contribution is 6.33. The van der Waals surface area contributed by atoms with Crippen LogP contribution in [0.2, 0.25) is 5.02 Å². The van der Waals surface area contributed by atoms with Gasteiger partial charge in [0.1, 0.15) is 5.82 Å². The van der Waals surface area contributed by atoms with Crippen LogP contribution in [-0.4, -0.2) is 14.6 Å². The van der Waals surface area contributed by atoms with Gasteiger partial charge in [0.05, 0.1) is 5.02 Å². The maximum absolute atomic E-state index is 6.09. The van der Waals surface area contributed by atoms with Gasteiger partial charge in [-0.15, -0.1) is 10.2 Å². The van der Waals surface area contributed by atoms with Gasteiger partial charge in [-0.25, -0.2) is 0 Å². The summed E-state index contributed by atoms with van der Waals surface area (Å²) in [4.78, 5) is 0. The fourth-order valence-corrected chi connectivity index (χ4v) is 2.74. The minimum Gasteiger partial charge on any atom is -0.285 e. The second-order valence-electron chi connectivity index (χ2n) is 4.44. The number of aromatic nitrogens is 3. The van der Waals surface area contributed by atoms with Crippen molar-refractivity contribution in [2.75, 3.05) is 0 Å². The van der Waals surface area contributed by atoms with Crippen molar-refractivity contribution in [3.63, 3.8) is 0 Å². The minimum atomic E-state index is 0.558. The number of hydrogen-bond donors (Lipinski definition) is 0. The molecule has 1 saturated carbocycles. The lowest BCUT2D eigenvalue weighted by molar-refractivity contribution is 0.426. The molecule has 16 heavy (non-hydrogen) atoms. The molecule has 3 rings (SSSR count). The van der Waals surface area contributed by atoms with E-state index in [1.165, 1.54) is 32.1 Å². The third kappa shape index (κ3) is 1.59. The van der Waals surface area contributed by atoms with Gasteiger partial charge in [0.25, 0.3) is 0 Å². The van der Waals surface area contributed by atoms with E-state index in [0.717, 1.165) is 11.5 Å². The Balaban J connectivity index is 2.06. The van der Waals surface area contributed by atoms with Crippen molar-refractivity contribution in [2.45, 2.75) is 38.0 Å². The van der Waals surface area contributed by atoms with Gasteiger partial charge in [-0.3, -0.25) is 4.40 Å². The average Bonchev–Trinajstić information content (AvgIpc) is 2.75. The number of halogens is 1. The van der Waals surface area contributed by atoms with E-state index in [-0.39, 0.29) is 0 Å². The first-order chi connectivity index (χ1) is 7.86. The van der Waals surface area contributed by atoms with E-state index in [1.807, 2.05) is 22.7 Å². The van der Waals surface area contributed by atoms with E-state index in [4.69, 9.17) is 11.6 Å². The molecular formula is C12H14ClN3. The van der Waals surface area contributed by atoms with Crippen molar-refractivity contribution < 1.29 is 0 Å². The Morgan fingerprint density at radius 3 is 2.81 bits per heavy atom. The van der Waals surface area contributed by atoms with Crippen molar-refractivity contribution in [3.8, 4) is 0 Å². The normalized spacial score (nSPS) is 18.1. The summed E-state index contributed by atoms with van der Waals surface area (Å²) in [7, 11) is 0. The molecule has 4 heteroatoms. The molecule has 0 N–H and O–H groups in total. The predicted octanol–water partition coefficient (Wildman–Crippen LogP) is 3.43. The number of fused-ring (bicyclic) bond motifs is 1. The summed E-state index contributed by atoms with van der Waals surface area (Å²) >= 11 is 6.09. The maximum atomic E-state index is 6.09. The molecule has 84 valence electrons. The van der Waals surface area contributed by atoms with Crippen LogP contribution in [-0.2, 0) is 0 Å². The molecule has 2 heterocycles. The third-order valence-electron chi connectivity index (χ3n) is 3.38. The van der Waals surface area contributed by atoms with Crippen LogP contribution in [0.3, 0.4) is 0 Å². The van der Waals surface area contributed by atoms with E-state index >= 15 is 0 Å². The number of pyridine rings is 1. The van der Waals surface area contributed by atoms with Gasteiger partial charge in [-0.05, 0) is 25.0 Å². The number of hydrogen-bond acceptors (Lipinski definition) is 2. The average molecular weight is 236 g/mol. The highest BCUT2D eigenvalue weighted by Gasteiger charge is 2.21. The van der Waals surface area contributed by atoms with E-state index in [9.17, 15) is 0 Å². The summed E-state index contributed by atoms with van der Waals surface area (Å²) in [5, 5.41) is 9.16. The molecule has 2 aromatic rings. The predicted molar refractivity (Wildman–Crippen MR) is 63.8 cm³/mol. The van der Waals surface area contributed by atoms with Crippen molar-refractivity contribution in [1.29, 1.82) is 0 Å². The van der Waals surface area contributed by atoms with Gasteiger partial charge in [-0.1, -0.05) is 30.9 Å². The molecule has 2 aromatic heterocycles. The number of nitrogens with zero attached hydrogens (tertiary/aromatic N) is 3. The Bertz CT molecular complexity index is 500. The third-order valence-corrected chi connectivity index (χ3v) is 3.68. The van der Waals surface area contributed by atoms with Gasteiger partial charge >= 0.3 is 0 Å². The summed E-state index contributed by atoms with van der Waals surface area (Å²) < 4.78 is 2.04. The van der Waals surface area contributed by atoms with Crippen LogP contribution < -0.4 is 0 Å². The first-order valence-electron chi connectivity index (χ1n) is 5.85. The van der Waals surface area contributed by atoms with Crippen molar-refractivity contribution in [1.82, 2.24) is 14.6 Å². The molecule has 0 atom stereocenters. The van der Waals surface area contributed by atoms with Gasteiger partial charge in [0.15, 0.2) is 5.65 Å². The smallest absolute Gasteiger partial charge is 0.179 e. The lowest BCUT2D eigenvalue weighted by atomic mass is 9.89. The highest BCUT2D eigenvalue weighted by atomic mass is 35.5.